The Morgan fingerprint density at radius 2 is 1.82 bits per heavy atom. The highest BCUT2D eigenvalue weighted by Crippen LogP contribution is 2.24. The molecule has 0 saturated heterocycles. The van der Waals surface area contributed by atoms with Crippen LogP contribution in [-0.2, 0) is 16.1 Å². The van der Waals surface area contributed by atoms with Crippen LogP contribution in [0.1, 0.15) is 29.9 Å². The molecule has 1 atom stereocenters. The predicted octanol–water partition coefficient (Wildman–Crippen LogP) is 3.81. The molecule has 3 aromatic rings. The standard InChI is InChI=1S/C22H20F3N3O5/c1-4-28-18-10-5-14(11-17(18)26-12(2)20(28)30)21(31)32-13(3)19(29)27-15-6-8-16(9-7-15)33-22(23,24)25/h5-11,13H,4H2,1-3H3,(H,27,29). The number of esters is 1. The van der Waals surface area contributed by atoms with E-state index in [0.29, 0.717) is 17.6 Å². The van der Waals surface area contributed by atoms with E-state index >= 15 is 0 Å². The molecule has 0 radical (unpaired) electrons. The molecule has 1 N–H and O–H groups in total. The van der Waals surface area contributed by atoms with Crippen LogP contribution in [0.3, 0.4) is 0 Å². The maximum atomic E-state index is 12.5. The van der Waals surface area contributed by atoms with E-state index in [9.17, 15) is 27.6 Å². The van der Waals surface area contributed by atoms with E-state index in [0.717, 1.165) is 12.1 Å². The van der Waals surface area contributed by atoms with Gasteiger partial charge in [0.05, 0.1) is 16.6 Å². The molecule has 33 heavy (non-hydrogen) atoms. The third-order valence-electron chi connectivity index (χ3n) is 4.67. The lowest BCUT2D eigenvalue weighted by molar-refractivity contribution is -0.274. The Balaban J connectivity index is 1.68. The number of benzene rings is 2. The van der Waals surface area contributed by atoms with E-state index in [4.69, 9.17) is 4.74 Å². The number of carbonyl (C=O) groups is 2. The fraction of sp³-hybridized carbons (Fsp3) is 0.273. The van der Waals surface area contributed by atoms with Crippen LogP contribution in [0.4, 0.5) is 18.9 Å². The number of anilines is 1. The molecular weight excluding hydrogens is 443 g/mol. The number of nitrogens with one attached hydrogen (secondary N) is 1. The highest BCUT2D eigenvalue weighted by molar-refractivity contribution is 5.98. The molecule has 3 rings (SSSR count). The van der Waals surface area contributed by atoms with Gasteiger partial charge in [-0.05, 0) is 63.2 Å². The molecule has 0 aliphatic carbocycles. The van der Waals surface area contributed by atoms with Crippen LogP contribution in [0.2, 0.25) is 0 Å². The average Bonchev–Trinajstić information content (AvgIpc) is 2.74. The Kier molecular flexibility index (Phi) is 6.70. The Morgan fingerprint density at radius 3 is 2.42 bits per heavy atom. The quantitative estimate of drug-likeness (QED) is 0.558. The maximum Gasteiger partial charge on any atom is 0.573 e. The van der Waals surface area contributed by atoms with Crippen molar-refractivity contribution in [3.63, 3.8) is 0 Å². The first-order chi connectivity index (χ1) is 15.5. The summed E-state index contributed by atoms with van der Waals surface area (Å²) < 4.78 is 47.2. The third kappa shape index (κ3) is 5.68. The molecule has 1 heterocycles. The van der Waals surface area contributed by atoms with Crippen molar-refractivity contribution in [3.05, 3.63) is 64.1 Å². The summed E-state index contributed by atoms with van der Waals surface area (Å²) in [4.78, 5) is 41.3. The molecule has 1 unspecified atom stereocenters. The van der Waals surface area contributed by atoms with E-state index in [-0.39, 0.29) is 22.5 Å². The summed E-state index contributed by atoms with van der Waals surface area (Å²) in [5, 5.41) is 2.44. The van der Waals surface area contributed by atoms with Gasteiger partial charge < -0.3 is 19.4 Å². The van der Waals surface area contributed by atoms with Crippen molar-refractivity contribution in [3.8, 4) is 5.75 Å². The molecule has 174 valence electrons. The van der Waals surface area contributed by atoms with Gasteiger partial charge >= 0.3 is 12.3 Å². The number of rotatable bonds is 6. The van der Waals surface area contributed by atoms with Gasteiger partial charge in [-0.25, -0.2) is 9.78 Å². The van der Waals surface area contributed by atoms with Crippen molar-refractivity contribution in [1.82, 2.24) is 9.55 Å². The van der Waals surface area contributed by atoms with E-state index in [1.807, 2.05) is 6.92 Å². The molecular formula is C22H20F3N3O5. The van der Waals surface area contributed by atoms with Crippen LogP contribution in [-0.4, -0.2) is 33.9 Å². The van der Waals surface area contributed by atoms with Gasteiger partial charge in [0, 0.05) is 12.2 Å². The molecule has 0 spiro atoms. The number of carbonyl (C=O) groups excluding carboxylic acids is 2. The van der Waals surface area contributed by atoms with E-state index in [1.54, 1.807) is 13.0 Å². The molecule has 2 aromatic carbocycles. The van der Waals surface area contributed by atoms with E-state index in [1.165, 1.54) is 35.8 Å². The van der Waals surface area contributed by atoms with Crippen LogP contribution in [0.15, 0.2) is 47.3 Å². The number of nitrogens with zero attached hydrogens (tertiary/aromatic N) is 2. The molecule has 0 aliphatic heterocycles. The van der Waals surface area contributed by atoms with Crippen LogP contribution >= 0.6 is 0 Å². The fourth-order valence-electron chi connectivity index (χ4n) is 3.08. The molecule has 0 aliphatic rings. The summed E-state index contributed by atoms with van der Waals surface area (Å²) in [6.45, 7) is 5.18. The van der Waals surface area contributed by atoms with E-state index in [2.05, 4.69) is 15.0 Å². The first-order valence-electron chi connectivity index (χ1n) is 9.87. The number of fused-ring (bicyclic) bond motifs is 1. The van der Waals surface area contributed by atoms with Crippen molar-refractivity contribution in [2.24, 2.45) is 0 Å². The zero-order valence-corrected chi connectivity index (χ0v) is 17.9. The largest absolute Gasteiger partial charge is 0.573 e. The SMILES string of the molecule is CCn1c(=O)c(C)nc2cc(C(=O)OC(C)C(=O)Nc3ccc(OC(F)(F)F)cc3)ccc21. The number of aromatic nitrogens is 2. The average molecular weight is 463 g/mol. The number of aryl methyl sites for hydroxylation is 2. The first-order valence-corrected chi connectivity index (χ1v) is 9.87. The third-order valence-corrected chi connectivity index (χ3v) is 4.67. The molecule has 1 aromatic heterocycles. The van der Waals surface area contributed by atoms with Crippen LogP contribution in [0, 0.1) is 6.92 Å². The maximum absolute atomic E-state index is 12.5. The minimum absolute atomic E-state index is 0.143. The number of ether oxygens (including phenoxy) is 2. The molecule has 0 saturated carbocycles. The van der Waals surface area contributed by atoms with Gasteiger partial charge in [-0.3, -0.25) is 9.59 Å². The second kappa shape index (κ2) is 9.31. The molecule has 0 bridgehead atoms. The Morgan fingerprint density at radius 1 is 1.15 bits per heavy atom. The second-order valence-corrected chi connectivity index (χ2v) is 7.06. The molecule has 8 nitrogen and oxygen atoms in total. The van der Waals surface area contributed by atoms with Crippen molar-refractivity contribution in [2.75, 3.05) is 5.32 Å². The molecule has 0 fully saturated rings. The lowest BCUT2D eigenvalue weighted by Crippen LogP contribution is -2.30. The molecule has 11 heteroatoms. The minimum Gasteiger partial charge on any atom is -0.449 e. The molecule has 1 amide bonds. The zero-order valence-electron chi connectivity index (χ0n) is 17.9. The Hall–Kier alpha value is -3.89. The summed E-state index contributed by atoms with van der Waals surface area (Å²) in [5.41, 5.74) is 1.40. The van der Waals surface area contributed by atoms with Crippen LogP contribution < -0.4 is 15.6 Å². The van der Waals surface area contributed by atoms with Gasteiger partial charge in [-0.2, -0.15) is 0 Å². The van der Waals surface area contributed by atoms with Crippen molar-refractivity contribution >= 4 is 28.6 Å². The summed E-state index contributed by atoms with van der Waals surface area (Å²) in [6.07, 6.45) is -6.02. The number of hydrogen-bond acceptors (Lipinski definition) is 6. The van der Waals surface area contributed by atoms with Gasteiger partial charge in [0.2, 0.25) is 0 Å². The van der Waals surface area contributed by atoms with Crippen molar-refractivity contribution in [2.45, 2.75) is 39.8 Å². The topological polar surface area (TPSA) is 99.5 Å². The smallest absolute Gasteiger partial charge is 0.449 e. The van der Waals surface area contributed by atoms with Gasteiger partial charge in [0.15, 0.2) is 6.10 Å². The Labute approximate surface area is 185 Å². The monoisotopic (exact) mass is 463 g/mol. The number of amides is 1. The van der Waals surface area contributed by atoms with Gasteiger partial charge in [-0.15, -0.1) is 13.2 Å². The number of halogens is 3. The van der Waals surface area contributed by atoms with Crippen molar-refractivity contribution < 1.29 is 32.2 Å². The summed E-state index contributed by atoms with van der Waals surface area (Å²) >= 11 is 0. The van der Waals surface area contributed by atoms with Crippen molar-refractivity contribution in [1.29, 1.82) is 0 Å². The normalized spacial score (nSPS) is 12.3. The van der Waals surface area contributed by atoms with Gasteiger partial charge in [0.25, 0.3) is 11.5 Å². The lowest BCUT2D eigenvalue weighted by atomic mass is 10.2. The number of alkyl halides is 3. The summed E-state index contributed by atoms with van der Waals surface area (Å²) in [7, 11) is 0. The minimum atomic E-state index is -4.82. The van der Waals surface area contributed by atoms with Gasteiger partial charge in [-0.1, -0.05) is 0 Å². The fourth-order valence-corrected chi connectivity index (χ4v) is 3.08. The van der Waals surface area contributed by atoms with E-state index < -0.39 is 30.1 Å². The second-order valence-electron chi connectivity index (χ2n) is 7.06. The van der Waals surface area contributed by atoms with Gasteiger partial charge in [0.1, 0.15) is 11.4 Å². The highest BCUT2D eigenvalue weighted by atomic mass is 19.4. The summed E-state index contributed by atoms with van der Waals surface area (Å²) in [6, 6.07) is 9.05. The predicted molar refractivity (Wildman–Crippen MR) is 113 cm³/mol. The first kappa shape index (κ1) is 23.8. The summed E-state index contributed by atoms with van der Waals surface area (Å²) in [5.74, 6) is -1.89. The zero-order chi connectivity index (χ0) is 24.3. The van der Waals surface area contributed by atoms with Crippen LogP contribution in [0.25, 0.3) is 11.0 Å². The number of hydrogen-bond donors (Lipinski definition) is 1. The van der Waals surface area contributed by atoms with Crippen LogP contribution in [0.5, 0.6) is 5.75 Å². The highest BCUT2D eigenvalue weighted by Gasteiger charge is 2.31. The Bertz CT molecular complexity index is 1250. The lowest BCUT2D eigenvalue weighted by Gasteiger charge is -2.15.